The molecule has 1 aromatic heterocycles. The van der Waals surface area contributed by atoms with E-state index in [2.05, 4.69) is 21.2 Å². The topological polar surface area (TPSA) is 62.6 Å². The molecule has 21 heavy (non-hydrogen) atoms. The molecular weight excluding hydrogens is 360 g/mol. The maximum Gasteiger partial charge on any atom is 0.260 e. The number of carbonyl (C=O) groups is 2. The van der Waals surface area contributed by atoms with E-state index in [0.717, 1.165) is 0 Å². The fraction of sp³-hybridized carbons (Fsp3) is 0.143. The summed E-state index contributed by atoms with van der Waals surface area (Å²) in [7, 11) is 3.27. The van der Waals surface area contributed by atoms with E-state index >= 15 is 0 Å². The first-order valence-electron chi connectivity index (χ1n) is 5.95. The number of benzene rings is 1. The molecule has 0 radical (unpaired) electrons. The quantitative estimate of drug-likeness (QED) is 0.896. The second kappa shape index (κ2) is 6.32. The lowest BCUT2D eigenvalue weighted by Gasteiger charge is -2.15. The molecule has 1 N–H and O–H groups in total. The first-order valence-corrected chi connectivity index (χ1v) is 7.13. The Morgan fingerprint density at radius 3 is 2.52 bits per heavy atom. The number of amides is 2. The molecule has 110 valence electrons. The van der Waals surface area contributed by atoms with Crippen molar-refractivity contribution in [1.82, 2.24) is 4.90 Å². The Bertz CT molecular complexity index is 697. The number of nitrogens with one attached hydrogen (secondary N) is 1. The van der Waals surface area contributed by atoms with Crippen molar-refractivity contribution < 1.29 is 14.0 Å². The molecular formula is C14H12BrClN2O3. The highest BCUT2D eigenvalue weighted by Gasteiger charge is 2.18. The van der Waals surface area contributed by atoms with Crippen LogP contribution in [-0.4, -0.2) is 30.8 Å². The van der Waals surface area contributed by atoms with Crippen LogP contribution in [0.15, 0.2) is 39.6 Å². The van der Waals surface area contributed by atoms with Crippen LogP contribution in [0.1, 0.15) is 20.7 Å². The third-order valence-corrected chi connectivity index (χ3v) is 3.58. The van der Waals surface area contributed by atoms with Crippen LogP contribution in [0.5, 0.6) is 0 Å². The van der Waals surface area contributed by atoms with Gasteiger partial charge in [-0.1, -0.05) is 11.6 Å². The van der Waals surface area contributed by atoms with Crippen molar-refractivity contribution in [1.29, 1.82) is 0 Å². The number of anilines is 1. The number of nitrogens with zero attached hydrogens (tertiary/aromatic N) is 1. The smallest absolute Gasteiger partial charge is 0.260 e. The predicted molar refractivity (Wildman–Crippen MR) is 83.8 cm³/mol. The van der Waals surface area contributed by atoms with Crippen LogP contribution in [0.25, 0.3) is 0 Å². The summed E-state index contributed by atoms with van der Waals surface area (Å²) in [6.07, 6.45) is 1.39. The van der Waals surface area contributed by atoms with Crippen molar-refractivity contribution in [3.05, 3.63) is 51.3 Å². The Kier molecular flexibility index (Phi) is 4.69. The Labute approximate surface area is 135 Å². The Hall–Kier alpha value is -1.79. The zero-order valence-electron chi connectivity index (χ0n) is 11.3. The molecule has 2 aromatic rings. The molecule has 0 fully saturated rings. The highest BCUT2D eigenvalue weighted by Crippen LogP contribution is 2.24. The lowest BCUT2D eigenvalue weighted by Crippen LogP contribution is -2.24. The van der Waals surface area contributed by atoms with Crippen LogP contribution >= 0.6 is 27.5 Å². The number of hydrogen-bond donors (Lipinski definition) is 1. The Morgan fingerprint density at radius 1 is 1.24 bits per heavy atom. The molecule has 0 saturated heterocycles. The number of halogens is 2. The van der Waals surface area contributed by atoms with E-state index in [0.29, 0.717) is 26.5 Å². The lowest BCUT2D eigenvalue weighted by molar-refractivity contribution is 0.0828. The Balaban J connectivity index is 2.35. The number of rotatable bonds is 3. The zero-order valence-corrected chi connectivity index (χ0v) is 13.7. The summed E-state index contributed by atoms with van der Waals surface area (Å²) in [5.41, 5.74) is 1.04. The fourth-order valence-electron chi connectivity index (χ4n) is 1.69. The van der Waals surface area contributed by atoms with Crippen LogP contribution in [0.3, 0.4) is 0 Å². The SMILES string of the molecule is CN(C)C(=O)c1ccc(Cl)cc1NC(=O)c1ccoc1Br. The van der Waals surface area contributed by atoms with Gasteiger partial charge in [-0.25, -0.2) is 0 Å². The largest absolute Gasteiger partial charge is 0.457 e. The number of hydrogen-bond acceptors (Lipinski definition) is 3. The summed E-state index contributed by atoms with van der Waals surface area (Å²) in [5.74, 6) is -0.626. The van der Waals surface area contributed by atoms with Gasteiger partial charge < -0.3 is 14.6 Å². The van der Waals surface area contributed by atoms with E-state index in [-0.39, 0.29) is 5.91 Å². The van der Waals surface area contributed by atoms with Gasteiger partial charge in [0.1, 0.15) is 0 Å². The summed E-state index contributed by atoms with van der Waals surface area (Å²) in [5, 5.41) is 3.09. The predicted octanol–water partition coefficient (Wildman–Crippen LogP) is 3.65. The second-order valence-corrected chi connectivity index (χ2v) is 5.61. The van der Waals surface area contributed by atoms with Gasteiger partial charge in [-0.2, -0.15) is 0 Å². The van der Waals surface area contributed by atoms with E-state index in [9.17, 15) is 9.59 Å². The van der Waals surface area contributed by atoms with Crippen LogP contribution in [-0.2, 0) is 0 Å². The molecule has 1 heterocycles. The minimum atomic E-state index is -0.398. The van der Waals surface area contributed by atoms with Crippen LogP contribution < -0.4 is 5.32 Å². The van der Waals surface area contributed by atoms with Gasteiger partial charge in [0.2, 0.25) is 0 Å². The molecule has 7 heteroatoms. The third kappa shape index (κ3) is 3.46. The van der Waals surface area contributed by atoms with Crippen molar-refractivity contribution in [3.8, 4) is 0 Å². The standard InChI is InChI=1S/C14H12BrClN2O3/c1-18(2)14(20)9-4-3-8(16)7-11(9)17-13(19)10-5-6-21-12(10)15/h3-7H,1-2H3,(H,17,19). The van der Waals surface area contributed by atoms with Crippen LogP contribution in [0.2, 0.25) is 5.02 Å². The monoisotopic (exact) mass is 370 g/mol. The zero-order chi connectivity index (χ0) is 15.6. The molecule has 0 saturated carbocycles. The molecule has 0 unspecified atom stereocenters. The molecule has 0 aliphatic heterocycles. The average molecular weight is 372 g/mol. The van der Waals surface area contributed by atoms with E-state index in [1.54, 1.807) is 26.2 Å². The van der Waals surface area contributed by atoms with Crippen molar-refractivity contribution in [2.45, 2.75) is 0 Å². The molecule has 2 rings (SSSR count). The van der Waals surface area contributed by atoms with E-state index < -0.39 is 5.91 Å². The van der Waals surface area contributed by atoms with E-state index in [4.69, 9.17) is 16.0 Å². The molecule has 0 spiro atoms. The highest BCUT2D eigenvalue weighted by molar-refractivity contribution is 9.10. The lowest BCUT2D eigenvalue weighted by atomic mass is 10.1. The first kappa shape index (κ1) is 15.6. The van der Waals surface area contributed by atoms with Crippen LogP contribution in [0.4, 0.5) is 5.69 Å². The molecule has 5 nitrogen and oxygen atoms in total. The highest BCUT2D eigenvalue weighted by atomic mass is 79.9. The molecule has 2 amide bonds. The van der Waals surface area contributed by atoms with Crippen LogP contribution in [0, 0.1) is 0 Å². The molecule has 0 atom stereocenters. The third-order valence-electron chi connectivity index (χ3n) is 2.73. The van der Waals surface area contributed by atoms with Crippen molar-refractivity contribution >= 4 is 45.0 Å². The molecule has 0 aliphatic carbocycles. The van der Waals surface area contributed by atoms with Gasteiger partial charge >= 0.3 is 0 Å². The van der Waals surface area contributed by atoms with Gasteiger partial charge in [-0.3, -0.25) is 9.59 Å². The van der Waals surface area contributed by atoms with Crippen molar-refractivity contribution in [3.63, 3.8) is 0 Å². The summed E-state index contributed by atoms with van der Waals surface area (Å²) in [4.78, 5) is 25.7. The summed E-state index contributed by atoms with van der Waals surface area (Å²) in [6.45, 7) is 0. The summed E-state index contributed by atoms with van der Waals surface area (Å²) >= 11 is 9.07. The summed E-state index contributed by atoms with van der Waals surface area (Å²) in [6, 6.07) is 6.23. The van der Waals surface area contributed by atoms with Crippen molar-refractivity contribution in [2.24, 2.45) is 0 Å². The van der Waals surface area contributed by atoms with Gasteiger partial charge in [-0.15, -0.1) is 0 Å². The number of carbonyl (C=O) groups excluding carboxylic acids is 2. The molecule has 1 aromatic carbocycles. The molecule has 0 bridgehead atoms. The summed E-state index contributed by atoms with van der Waals surface area (Å²) < 4.78 is 5.34. The normalized spacial score (nSPS) is 10.3. The van der Waals surface area contributed by atoms with E-state index in [1.807, 2.05) is 0 Å². The maximum absolute atomic E-state index is 12.2. The van der Waals surface area contributed by atoms with Gasteiger partial charge in [0.05, 0.1) is 23.1 Å². The minimum absolute atomic E-state index is 0.228. The van der Waals surface area contributed by atoms with E-state index in [1.165, 1.54) is 23.3 Å². The maximum atomic E-state index is 12.2. The van der Waals surface area contributed by atoms with Gasteiger partial charge in [0, 0.05) is 19.1 Å². The molecule has 0 aliphatic rings. The first-order chi connectivity index (χ1) is 9.90. The average Bonchev–Trinajstić information content (AvgIpc) is 2.84. The fourth-order valence-corrected chi connectivity index (χ4v) is 2.28. The van der Waals surface area contributed by atoms with Gasteiger partial charge in [-0.05, 0) is 40.2 Å². The van der Waals surface area contributed by atoms with Gasteiger partial charge in [0.15, 0.2) is 4.67 Å². The minimum Gasteiger partial charge on any atom is -0.457 e. The number of furan rings is 1. The van der Waals surface area contributed by atoms with Crippen molar-refractivity contribution in [2.75, 3.05) is 19.4 Å². The second-order valence-electron chi connectivity index (χ2n) is 4.45. The Morgan fingerprint density at radius 2 is 1.95 bits per heavy atom. The van der Waals surface area contributed by atoms with Gasteiger partial charge in [0.25, 0.3) is 11.8 Å².